The van der Waals surface area contributed by atoms with Crippen LogP contribution in [0.3, 0.4) is 0 Å². The molecule has 0 aromatic carbocycles. The number of rotatable bonds is 18. The Morgan fingerprint density at radius 2 is 1.16 bits per heavy atom. The lowest BCUT2D eigenvalue weighted by atomic mass is 10.1. The highest BCUT2D eigenvalue weighted by Crippen LogP contribution is 2.11. The summed E-state index contributed by atoms with van der Waals surface area (Å²) in [7, 11) is 0. The van der Waals surface area contributed by atoms with E-state index in [0.717, 1.165) is 12.8 Å². The maximum absolute atomic E-state index is 9.62. The first-order valence-corrected chi connectivity index (χ1v) is 10.6. The molecule has 25 heavy (non-hydrogen) atoms. The minimum absolute atomic E-state index is 0.152. The molecule has 2 atom stereocenters. The van der Waals surface area contributed by atoms with Crippen LogP contribution in [-0.4, -0.2) is 29.0 Å². The van der Waals surface area contributed by atoms with Crippen LogP contribution in [0.25, 0.3) is 0 Å². The van der Waals surface area contributed by atoms with Crippen LogP contribution in [0.5, 0.6) is 0 Å². The number of aliphatic hydroxyl groups excluding tert-OH is 2. The third-order valence-corrected chi connectivity index (χ3v) is 4.63. The summed E-state index contributed by atoms with van der Waals surface area (Å²) in [6.07, 6.45) is 25.6. The first kappa shape index (κ1) is 24.4. The van der Waals surface area contributed by atoms with E-state index in [4.69, 9.17) is 10.8 Å². The van der Waals surface area contributed by atoms with Crippen molar-refractivity contribution in [1.29, 1.82) is 0 Å². The minimum Gasteiger partial charge on any atom is -0.395 e. The van der Waals surface area contributed by atoms with E-state index < -0.39 is 12.1 Å². The predicted octanol–water partition coefficient (Wildman–Crippen LogP) is 5.26. The molecule has 0 rings (SSSR count). The molecule has 0 bridgehead atoms. The number of nitrogens with two attached hydrogens (primary N) is 1. The maximum Gasteiger partial charge on any atom is 0.0716 e. The Kier molecular flexibility index (Phi) is 19.2. The summed E-state index contributed by atoms with van der Waals surface area (Å²) in [5, 5.41) is 18.5. The molecule has 0 saturated heterocycles. The van der Waals surface area contributed by atoms with E-state index in [0.29, 0.717) is 6.42 Å². The summed E-state index contributed by atoms with van der Waals surface area (Å²) in [6.45, 7) is 2.09. The highest BCUT2D eigenvalue weighted by molar-refractivity contribution is 4.84. The molecule has 0 saturated carbocycles. The lowest BCUT2D eigenvalue weighted by Gasteiger charge is -2.14. The van der Waals surface area contributed by atoms with Crippen LogP contribution in [0, 0.1) is 0 Å². The zero-order valence-electron chi connectivity index (χ0n) is 16.5. The zero-order valence-corrected chi connectivity index (χ0v) is 16.5. The van der Waals surface area contributed by atoms with Crippen LogP contribution in [-0.2, 0) is 0 Å². The summed E-state index contributed by atoms with van der Waals surface area (Å²) in [5.74, 6) is 0. The van der Waals surface area contributed by atoms with Gasteiger partial charge < -0.3 is 15.9 Å². The van der Waals surface area contributed by atoms with Crippen molar-refractivity contribution in [3.8, 4) is 0 Å². The second-order valence-corrected chi connectivity index (χ2v) is 7.13. The lowest BCUT2D eigenvalue weighted by molar-refractivity contribution is 0.102. The molecule has 0 aliphatic rings. The van der Waals surface area contributed by atoms with Crippen molar-refractivity contribution in [3.63, 3.8) is 0 Å². The van der Waals surface area contributed by atoms with Crippen molar-refractivity contribution in [3.05, 3.63) is 24.3 Å². The third-order valence-electron chi connectivity index (χ3n) is 4.63. The number of unbranched alkanes of at least 4 members (excludes halogenated alkanes) is 10. The normalized spacial score (nSPS) is 14.6. The predicted molar refractivity (Wildman–Crippen MR) is 110 cm³/mol. The number of hydrogen-bond acceptors (Lipinski definition) is 3. The molecule has 2 unspecified atom stereocenters. The second-order valence-electron chi connectivity index (χ2n) is 7.13. The van der Waals surface area contributed by atoms with E-state index in [2.05, 4.69) is 31.2 Å². The average Bonchev–Trinajstić information content (AvgIpc) is 2.63. The molecule has 0 heterocycles. The Morgan fingerprint density at radius 3 is 1.64 bits per heavy atom. The first-order valence-electron chi connectivity index (χ1n) is 10.6. The summed E-state index contributed by atoms with van der Waals surface area (Å²) >= 11 is 0. The molecule has 148 valence electrons. The van der Waals surface area contributed by atoms with E-state index in [9.17, 15) is 5.11 Å². The molecule has 0 aromatic rings. The molecular weight excluding hydrogens is 310 g/mol. The smallest absolute Gasteiger partial charge is 0.0716 e. The van der Waals surface area contributed by atoms with Gasteiger partial charge in [0.15, 0.2) is 0 Å². The van der Waals surface area contributed by atoms with Gasteiger partial charge in [0.25, 0.3) is 0 Å². The Balaban J connectivity index is 3.23. The molecule has 0 aliphatic heterocycles. The van der Waals surface area contributed by atoms with Crippen LogP contribution in [0.1, 0.15) is 96.8 Å². The molecule has 4 N–H and O–H groups in total. The van der Waals surface area contributed by atoms with Gasteiger partial charge in [-0.25, -0.2) is 0 Å². The van der Waals surface area contributed by atoms with E-state index in [1.54, 1.807) is 0 Å². The van der Waals surface area contributed by atoms with Crippen molar-refractivity contribution < 1.29 is 10.2 Å². The molecule has 0 fully saturated rings. The number of aliphatic hydroxyl groups is 2. The fourth-order valence-electron chi connectivity index (χ4n) is 2.80. The molecule has 0 amide bonds. The monoisotopic (exact) mass is 353 g/mol. The van der Waals surface area contributed by atoms with Crippen LogP contribution in [0.15, 0.2) is 24.3 Å². The maximum atomic E-state index is 9.62. The van der Waals surface area contributed by atoms with Gasteiger partial charge in [-0.3, -0.25) is 0 Å². The average molecular weight is 354 g/mol. The SMILES string of the molecule is CCCCC=CCCCCCCCCCC=CCCC(O)C(N)CO. The van der Waals surface area contributed by atoms with Gasteiger partial charge in [0.05, 0.1) is 18.8 Å². The summed E-state index contributed by atoms with van der Waals surface area (Å²) < 4.78 is 0. The van der Waals surface area contributed by atoms with Gasteiger partial charge in [0.2, 0.25) is 0 Å². The topological polar surface area (TPSA) is 66.5 Å². The van der Waals surface area contributed by atoms with Crippen LogP contribution in [0.2, 0.25) is 0 Å². The van der Waals surface area contributed by atoms with Gasteiger partial charge >= 0.3 is 0 Å². The number of hydrogen-bond donors (Lipinski definition) is 3. The Labute approximate surface area is 156 Å². The summed E-state index contributed by atoms with van der Waals surface area (Å²) in [5.41, 5.74) is 5.56. The summed E-state index contributed by atoms with van der Waals surface area (Å²) in [6, 6.07) is -0.509. The van der Waals surface area contributed by atoms with Crippen molar-refractivity contribution in [2.75, 3.05) is 6.61 Å². The van der Waals surface area contributed by atoms with E-state index >= 15 is 0 Å². The Bertz CT molecular complexity index is 315. The minimum atomic E-state index is -0.596. The highest BCUT2D eigenvalue weighted by Gasteiger charge is 2.11. The molecule has 0 spiro atoms. The number of allylic oxidation sites excluding steroid dienone is 4. The third kappa shape index (κ3) is 18.0. The van der Waals surface area contributed by atoms with Crippen LogP contribution in [0.4, 0.5) is 0 Å². The Hall–Kier alpha value is -0.640. The van der Waals surface area contributed by atoms with E-state index in [-0.39, 0.29) is 6.61 Å². The van der Waals surface area contributed by atoms with E-state index in [1.165, 1.54) is 70.6 Å². The molecular formula is C22H43NO2. The fraction of sp³-hybridized carbons (Fsp3) is 0.818. The molecule has 0 radical (unpaired) electrons. The van der Waals surface area contributed by atoms with Crippen molar-refractivity contribution in [2.24, 2.45) is 5.73 Å². The quantitative estimate of drug-likeness (QED) is 0.232. The highest BCUT2D eigenvalue weighted by atomic mass is 16.3. The fourth-order valence-corrected chi connectivity index (χ4v) is 2.80. The Morgan fingerprint density at radius 1 is 0.720 bits per heavy atom. The largest absolute Gasteiger partial charge is 0.395 e. The molecule has 3 heteroatoms. The van der Waals surface area contributed by atoms with Gasteiger partial charge in [0, 0.05) is 0 Å². The van der Waals surface area contributed by atoms with Gasteiger partial charge in [-0.15, -0.1) is 0 Å². The molecule has 0 aliphatic carbocycles. The van der Waals surface area contributed by atoms with Crippen molar-refractivity contribution in [2.45, 2.75) is 109 Å². The zero-order chi connectivity index (χ0) is 18.6. The van der Waals surface area contributed by atoms with Gasteiger partial charge in [-0.1, -0.05) is 76.2 Å². The van der Waals surface area contributed by atoms with Crippen LogP contribution < -0.4 is 5.73 Å². The van der Waals surface area contributed by atoms with Crippen molar-refractivity contribution in [1.82, 2.24) is 0 Å². The van der Waals surface area contributed by atoms with Gasteiger partial charge in [-0.05, 0) is 44.9 Å². The van der Waals surface area contributed by atoms with Crippen molar-refractivity contribution >= 4 is 0 Å². The standard InChI is InChI=1S/C22H43NO2/c1-2-3-4-5-6-7-8-9-10-11-12-13-14-15-16-17-18-19-22(25)21(23)20-24/h5-6,16-17,21-22,24-25H,2-4,7-15,18-20,23H2,1H3. The second kappa shape index (κ2) is 19.7. The van der Waals surface area contributed by atoms with Gasteiger partial charge in [0.1, 0.15) is 0 Å². The van der Waals surface area contributed by atoms with Gasteiger partial charge in [-0.2, -0.15) is 0 Å². The van der Waals surface area contributed by atoms with E-state index in [1.807, 2.05) is 0 Å². The molecule has 0 aromatic heterocycles. The lowest BCUT2D eigenvalue weighted by Crippen LogP contribution is -2.37. The summed E-state index contributed by atoms with van der Waals surface area (Å²) in [4.78, 5) is 0. The molecule has 3 nitrogen and oxygen atoms in total. The first-order chi connectivity index (χ1) is 12.2. The van der Waals surface area contributed by atoms with Crippen LogP contribution >= 0.6 is 0 Å².